The zero-order valence-electron chi connectivity index (χ0n) is 16.1. The molecule has 1 heterocycles. The van der Waals surface area contributed by atoms with Crippen LogP contribution >= 0.6 is 24.0 Å². The van der Waals surface area contributed by atoms with Gasteiger partial charge in [-0.3, -0.25) is 9.79 Å². The molecule has 1 saturated heterocycles. The van der Waals surface area contributed by atoms with Crippen LogP contribution in [0.2, 0.25) is 0 Å². The number of likely N-dealkylation sites (tertiary alicyclic amines) is 1. The summed E-state index contributed by atoms with van der Waals surface area (Å²) in [7, 11) is 3.79. The molecule has 0 aromatic heterocycles. The van der Waals surface area contributed by atoms with Gasteiger partial charge in [-0.1, -0.05) is 0 Å². The maximum absolute atomic E-state index is 11.8. The summed E-state index contributed by atoms with van der Waals surface area (Å²) in [6, 6.07) is 0. The predicted molar refractivity (Wildman–Crippen MR) is 112 cm³/mol. The average molecular weight is 470 g/mol. The number of ether oxygens (including phenoxy) is 2. The molecule has 8 heteroatoms. The van der Waals surface area contributed by atoms with Gasteiger partial charge >= 0.3 is 5.97 Å². The lowest BCUT2D eigenvalue weighted by atomic mass is 9.97. The first kappa shape index (κ1) is 24.4. The van der Waals surface area contributed by atoms with E-state index in [-0.39, 0.29) is 35.9 Å². The zero-order valence-corrected chi connectivity index (χ0v) is 18.5. The second-order valence-corrected chi connectivity index (χ2v) is 6.05. The number of likely N-dealkylation sites (N-methyl/N-ethyl adjacent to an activating group) is 1. The smallest absolute Gasteiger partial charge is 0.309 e. The van der Waals surface area contributed by atoms with Crippen LogP contribution in [-0.2, 0) is 14.3 Å². The van der Waals surface area contributed by atoms with E-state index >= 15 is 0 Å². The van der Waals surface area contributed by atoms with Gasteiger partial charge in [-0.15, -0.1) is 24.0 Å². The minimum absolute atomic E-state index is 0. The van der Waals surface area contributed by atoms with E-state index in [0.717, 1.165) is 64.7 Å². The number of piperidine rings is 1. The van der Waals surface area contributed by atoms with Crippen LogP contribution in [0.3, 0.4) is 0 Å². The fourth-order valence-electron chi connectivity index (χ4n) is 2.70. The average Bonchev–Trinajstić information content (AvgIpc) is 2.59. The maximum atomic E-state index is 11.8. The second-order valence-electron chi connectivity index (χ2n) is 6.05. The third-order valence-corrected chi connectivity index (χ3v) is 4.17. The Morgan fingerprint density at radius 2 is 1.96 bits per heavy atom. The van der Waals surface area contributed by atoms with Crippen molar-refractivity contribution in [3.8, 4) is 0 Å². The maximum Gasteiger partial charge on any atom is 0.309 e. The van der Waals surface area contributed by atoms with Gasteiger partial charge in [0.1, 0.15) is 0 Å². The van der Waals surface area contributed by atoms with Crippen molar-refractivity contribution >= 4 is 35.9 Å². The van der Waals surface area contributed by atoms with Gasteiger partial charge in [0.25, 0.3) is 0 Å². The minimum atomic E-state index is -0.0566. The lowest BCUT2D eigenvalue weighted by Gasteiger charge is -2.33. The van der Waals surface area contributed by atoms with Crippen LogP contribution in [0.25, 0.3) is 0 Å². The molecule has 0 spiro atoms. The molecular weight excluding hydrogens is 435 g/mol. The molecule has 0 amide bonds. The van der Waals surface area contributed by atoms with Gasteiger partial charge < -0.3 is 24.6 Å². The van der Waals surface area contributed by atoms with E-state index in [1.165, 1.54) is 0 Å². The number of rotatable bonds is 9. The summed E-state index contributed by atoms with van der Waals surface area (Å²) in [4.78, 5) is 21.0. The molecule has 0 aromatic carbocycles. The molecule has 0 aliphatic carbocycles. The van der Waals surface area contributed by atoms with Crippen molar-refractivity contribution in [1.29, 1.82) is 0 Å². The summed E-state index contributed by atoms with van der Waals surface area (Å²) in [5, 5.41) is 3.35. The Bertz CT molecular complexity index is 388. The number of nitrogens with zero attached hydrogens (tertiary/aromatic N) is 3. The topological polar surface area (TPSA) is 66.4 Å². The van der Waals surface area contributed by atoms with Crippen LogP contribution in [0.5, 0.6) is 0 Å². The first-order valence-electron chi connectivity index (χ1n) is 8.99. The summed E-state index contributed by atoms with van der Waals surface area (Å²) in [6.07, 6.45) is 1.66. The van der Waals surface area contributed by atoms with Gasteiger partial charge in [0.15, 0.2) is 5.96 Å². The number of carbonyl (C=O) groups excluding carboxylic acids is 1. The van der Waals surface area contributed by atoms with Gasteiger partial charge in [0.2, 0.25) is 0 Å². The molecule has 0 unspecified atom stereocenters. The number of hydrogen-bond donors (Lipinski definition) is 1. The van der Waals surface area contributed by atoms with Crippen LogP contribution in [-0.4, -0.2) is 88.4 Å². The Hall–Kier alpha value is -0.610. The number of esters is 1. The van der Waals surface area contributed by atoms with Gasteiger partial charge in [0.05, 0.1) is 25.7 Å². The molecule has 1 rings (SSSR count). The van der Waals surface area contributed by atoms with Crippen molar-refractivity contribution in [2.24, 2.45) is 10.9 Å². The summed E-state index contributed by atoms with van der Waals surface area (Å²) in [5.41, 5.74) is 0. The summed E-state index contributed by atoms with van der Waals surface area (Å²) >= 11 is 0. The van der Waals surface area contributed by atoms with E-state index in [1.54, 1.807) is 7.11 Å². The zero-order chi connectivity index (χ0) is 17.8. The minimum Gasteiger partial charge on any atom is -0.466 e. The molecule has 25 heavy (non-hydrogen) atoms. The molecule has 0 bridgehead atoms. The Morgan fingerprint density at radius 1 is 1.28 bits per heavy atom. The summed E-state index contributed by atoms with van der Waals surface area (Å²) in [5.74, 6) is 0.920. The Balaban J connectivity index is 0.00000576. The van der Waals surface area contributed by atoms with Crippen LogP contribution in [0, 0.1) is 5.92 Å². The highest BCUT2D eigenvalue weighted by atomic mass is 127. The highest BCUT2D eigenvalue weighted by molar-refractivity contribution is 14.0. The van der Waals surface area contributed by atoms with E-state index in [4.69, 9.17) is 14.5 Å². The fourth-order valence-corrected chi connectivity index (χ4v) is 2.70. The highest BCUT2D eigenvalue weighted by Gasteiger charge is 2.27. The van der Waals surface area contributed by atoms with Crippen LogP contribution in [0.1, 0.15) is 26.7 Å². The lowest BCUT2D eigenvalue weighted by molar-refractivity contribution is -0.149. The van der Waals surface area contributed by atoms with Gasteiger partial charge in [0, 0.05) is 39.8 Å². The van der Waals surface area contributed by atoms with E-state index in [9.17, 15) is 4.79 Å². The molecule has 1 aliphatic heterocycles. The molecule has 1 aliphatic rings. The SMILES string of the molecule is CCNC(=NCCN(C)CCOC)N1CCC(C(=O)OCC)CC1.I. The first-order valence-corrected chi connectivity index (χ1v) is 8.99. The highest BCUT2D eigenvalue weighted by Crippen LogP contribution is 2.18. The van der Waals surface area contributed by atoms with E-state index in [2.05, 4.69) is 29.1 Å². The van der Waals surface area contributed by atoms with Gasteiger partial charge in [-0.25, -0.2) is 0 Å². The van der Waals surface area contributed by atoms with E-state index in [0.29, 0.717) is 6.61 Å². The number of methoxy groups -OCH3 is 1. The van der Waals surface area contributed by atoms with Crippen molar-refractivity contribution in [3.63, 3.8) is 0 Å². The number of hydrogen-bond acceptors (Lipinski definition) is 5. The second kappa shape index (κ2) is 14.5. The van der Waals surface area contributed by atoms with Crippen molar-refractivity contribution < 1.29 is 14.3 Å². The molecule has 1 N–H and O–H groups in total. The normalized spacial score (nSPS) is 15.9. The standard InChI is InChI=1S/C17H34N4O3.HI/c1-5-18-17(19-9-12-20(3)13-14-23-4)21-10-7-15(8-11-21)16(22)24-6-2;/h15H,5-14H2,1-4H3,(H,18,19);1H. The Morgan fingerprint density at radius 3 is 2.52 bits per heavy atom. The molecular formula is C17H35IN4O3. The van der Waals surface area contributed by atoms with Crippen LogP contribution in [0.15, 0.2) is 4.99 Å². The molecule has 7 nitrogen and oxygen atoms in total. The number of carbonyl (C=O) groups is 1. The molecule has 0 atom stereocenters. The van der Waals surface area contributed by atoms with Crippen LogP contribution in [0.4, 0.5) is 0 Å². The van der Waals surface area contributed by atoms with E-state index < -0.39 is 0 Å². The fraction of sp³-hybridized carbons (Fsp3) is 0.882. The number of halogens is 1. The summed E-state index contributed by atoms with van der Waals surface area (Å²) < 4.78 is 10.2. The Kier molecular flexibility index (Phi) is 14.2. The number of aliphatic imine (C=N–C) groups is 1. The van der Waals surface area contributed by atoms with Gasteiger partial charge in [-0.2, -0.15) is 0 Å². The molecule has 1 fully saturated rings. The largest absolute Gasteiger partial charge is 0.466 e. The monoisotopic (exact) mass is 470 g/mol. The Labute approximate surface area is 169 Å². The molecule has 0 aromatic rings. The van der Waals surface area contributed by atoms with E-state index in [1.807, 2.05) is 6.92 Å². The number of nitrogens with one attached hydrogen (secondary N) is 1. The van der Waals surface area contributed by atoms with Crippen molar-refractivity contribution in [3.05, 3.63) is 0 Å². The van der Waals surface area contributed by atoms with Gasteiger partial charge in [-0.05, 0) is 33.7 Å². The predicted octanol–water partition coefficient (Wildman–Crippen LogP) is 1.42. The molecule has 0 radical (unpaired) electrons. The first-order chi connectivity index (χ1) is 11.6. The van der Waals surface area contributed by atoms with Crippen molar-refractivity contribution in [2.75, 3.05) is 66.6 Å². The number of guanidine groups is 1. The van der Waals surface area contributed by atoms with Crippen molar-refractivity contribution in [1.82, 2.24) is 15.1 Å². The lowest BCUT2D eigenvalue weighted by Crippen LogP contribution is -2.47. The van der Waals surface area contributed by atoms with Crippen LogP contribution < -0.4 is 5.32 Å². The quantitative estimate of drug-likeness (QED) is 0.238. The molecule has 0 saturated carbocycles. The molecule has 148 valence electrons. The third kappa shape index (κ3) is 9.60. The third-order valence-electron chi connectivity index (χ3n) is 4.17. The summed E-state index contributed by atoms with van der Waals surface area (Å²) in [6.45, 7) is 10.2. The van der Waals surface area contributed by atoms with Crippen molar-refractivity contribution in [2.45, 2.75) is 26.7 Å².